The summed E-state index contributed by atoms with van der Waals surface area (Å²) in [5.41, 5.74) is 1.30. The van der Waals surface area contributed by atoms with Gasteiger partial charge in [0, 0.05) is 38.6 Å². The van der Waals surface area contributed by atoms with Gasteiger partial charge in [-0.15, -0.1) is 10.2 Å². The van der Waals surface area contributed by atoms with E-state index in [1.54, 1.807) is 7.11 Å². The van der Waals surface area contributed by atoms with Crippen LogP contribution in [0.5, 0.6) is 5.75 Å². The lowest BCUT2D eigenvalue weighted by atomic mass is 9.89. The lowest BCUT2D eigenvalue weighted by Gasteiger charge is -2.25. The Labute approximate surface area is 158 Å². The van der Waals surface area contributed by atoms with E-state index in [1.165, 1.54) is 5.56 Å². The van der Waals surface area contributed by atoms with Crippen LogP contribution in [0.2, 0.25) is 0 Å². The van der Waals surface area contributed by atoms with Crippen molar-refractivity contribution in [2.24, 2.45) is 11.8 Å². The van der Waals surface area contributed by atoms with Crippen LogP contribution in [0.4, 0.5) is 0 Å². The second-order valence-electron chi connectivity index (χ2n) is 8.06. The van der Waals surface area contributed by atoms with E-state index in [2.05, 4.69) is 37.1 Å². The van der Waals surface area contributed by atoms with Crippen molar-refractivity contribution in [2.45, 2.75) is 38.4 Å². The van der Waals surface area contributed by atoms with E-state index >= 15 is 0 Å². The number of fused-ring (bicyclic) bond motifs is 2. The number of hydrogen-bond acceptors (Lipinski definition) is 5. The van der Waals surface area contributed by atoms with Gasteiger partial charge in [-0.25, -0.2) is 0 Å². The van der Waals surface area contributed by atoms with Crippen molar-refractivity contribution in [2.75, 3.05) is 20.2 Å². The van der Waals surface area contributed by atoms with E-state index < -0.39 is 0 Å². The average molecular weight is 367 g/mol. The second kappa shape index (κ2) is 6.64. The number of amides is 1. The minimum Gasteiger partial charge on any atom is -0.497 e. The maximum absolute atomic E-state index is 12.4. The first-order valence-corrected chi connectivity index (χ1v) is 9.78. The van der Waals surface area contributed by atoms with Crippen molar-refractivity contribution in [1.82, 2.24) is 25.0 Å². The second-order valence-corrected chi connectivity index (χ2v) is 8.06. The average Bonchev–Trinajstić information content (AvgIpc) is 3.25. The topological polar surface area (TPSA) is 72.3 Å². The van der Waals surface area contributed by atoms with Crippen molar-refractivity contribution in [1.29, 1.82) is 0 Å². The number of methoxy groups -OCH3 is 1. The number of nitrogens with zero attached hydrogens (tertiary/aromatic N) is 4. The summed E-state index contributed by atoms with van der Waals surface area (Å²) in [6, 6.07) is 8.65. The molecule has 27 heavy (non-hydrogen) atoms. The number of benzene rings is 1. The summed E-state index contributed by atoms with van der Waals surface area (Å²) in [4.78, 5) is 14.9. The molecule has 2 fully saturated rings. The van der Waals surface area contributed by atoms with Gasteiger partial charge in [-0.2, -0.15) is 0 Å². The molecular weight excluding hydrogens is 342 g/mol. The maximum atomic E-state index is 12.4. The molecule has 0 unspecified atom stereocenters. The molecule has 1 aromatic heterocycles. The molecule has 0 spiro atoms. The van der Waals surface area contributed by atoms with Gasteiger partial charge in [0.25, 0.3) is 5.91 Å². The molecule has 1 saturated heterocycles. The Morgan fingerprint density at radius 1 is 1.15 bits per heavy atom. The highest BCUT2D eigenvalue weighted by Gasteiger charge is 2.39. The number of carbonyl (C=O) groups excluding carboxylic acids is 1. The molecule has 1 saturated carbocycles. The van der Waals surface area contributed by atoms with Gasteiger partial charge in [-0.3, -0.25) is 9.69 Å². The highest BCUT2D eigenvalue weighted by Crippen LogP contribution is 2.33. The molecule has 7 heteroatoms. The summed E-state index contributed by atoms with van der Waals surface area (Å²) in [6.45, 7) is 3.93. The fourth-order valence-corrected chi connectivity index (χ4v) is 4.39. The Morgan fingerprint density at radius 3 is 2.67 bits per heavy atom. The standard InChI is InChI=1S/C20H25N5O2/c1-27-17-6-2-13(3-7-17)9-24-10-14-8-18-22-23-19(20(26)21-16-4-5-16)25(18)12-15(14)11-24/h2-3,6-7,14-16H,4-5,8-12H2,1H3,(H,21,26)/t14-,15+/m0/s1. The van der Waals surface area contributed by atoms with Gasteiger partial charge in [0.2, 0.25) is 5.82 Å². The van der Waals surface area contributed by atoms with Crippen molar-refractivity contribution < 1.29 is 9.53 Å². The van der Waals surface area contributed by atoms with Crippen LogP contribution < -0.4 is 10.1 Å². The molecule has 1 amide bonds. The summed E-state index contributed by atoms with van der Waals surface area (Å²) in [6.07, 6.45) is 3.07. The zero-order chi connectivity index (χ0) is 18.4. The van der Waals surface area contributed by atoms with Gasteiger partial charge in [-0.05, 0) is 42.4 Å². The third kappa shape index (κ3) is 3.32. The van der Waals surface area contributed by atoms with Crippen molar-refractivity contribution in [3.8, 4) is 5.75 Å². The Balaban J connectivity index is 1.25. The monoisotopic (exact) mass is 367 g/mol. The van der Waals surface area contributed by atoms with E-state index in [0.29, 0.717) is 23.7 Å². The predicted molar refractivity (Wildman–Crippen MR) is 99.5 cm³/mol. The van der Waals surface area contributed by atoms with Crippen LogP contribution in [-0.4, -0.2) is 51.8 Å². The molecule has 2 atom stereocenters. The van der Waals surface area contributed by atoms with Crippen LogP contribution in [0, 0.1) is 11.8 Å². The molecule has 3 aliphatic rings. The normalized spacial score (nSPS) is 24.3. The maximum Gasteiger partial charge on any atom is 0.289 e. The van der Waals surface area contributed by atoms with Crippen molar-refractivity contribution >= 4 is 5.91 Å². The number of nitrogens with one attached hydrogen (secondary N) is 1. The minimum atomic E-state index is -0.0669. The number of ether oxygens (including phenoxy) is 1. The molecule has 3 heterocycles. The summed E-state index contributed by atoms with van der Waals surface area (Å²) in [5.74, 6) is 3.43. The van der Waals surface area contributed by atoms with Gasteiger partial charge >= 0.3 is 0 Å². The zero-order valence-electron chi connectivity index (χ0n) is 15.6. The molecule has 1 aliphatic carbocycles. The summed E-state index contributed by atoms with van der Waals surface area (Å²) in [5, 5.41) is 11.5. The Kier molecular flexibility index (Phi) is 4.11. The van der Waals surface area contributed by atoms with E-state index in [1.807, 2.05) is 12.1 Å². The third-order valence-electron chi connectivity index (χ3n) is 6.02. The summed E-state index contributed by atoms with van der Waals surface area (Å²) < 4.78 is 7.29. The molecule has 7 nitrogen and oxygen atoms in total. The zero-order valence-corrected chi connectivity index (χ0v) is 15.6. The Bertz CT molecular complexity index is 843. The fraction of sp³-hybridized carbons (Fsp3) is 0.550. The Morgan fingerprint density at radius 2 is 1.93 bits per heavy atom. The highest BCUT2D eigenvalue weighted by molar-refractivity contribution is 5.91. The van der Waals surface area contributed by atoms with Gasteiger partial charge in [-0.1, -0.05) is 12.1 Å². The first-order valence-electron chi connectivity index (χ1n) is 9.78. The third-order valence-corrected chi connectivity index (χ3v) is 6.02. The molecule has 142 valence electrons. The molecule has 5 rings (SSSR count). The first-order chi connectivity index (χ1) is 13.2. The number of likely N-dealkylation sites (tertiary alicyclic amines) is 1. The van der Waals surface area contributed by atoms with Crippen LogP contribution in [0.1, 0.15) is 34.8 Å². The van der Waals surface area contributed by atoms with Gasteiger partial charge in [0.1, 0.15) is 11.6 Å². The summed E-state index contributed by atoms with van der Waals surface area (Å²) >= 11 is 0. The van der Waals surface area contributed by atoms with E-state index in [4.69, 9.17) is 4.74 Å². The molecule has 0 radical (unpaired) electrons. The SMILES string of the molecule is COc1ccc(CN2C[C@@H]3Cn4c(nnc4C(=O)NC4CC4)C[C@H]3C2)cc1. The fourth-order valence-electron chi connectivity index (χ4n) is 4.39. The molecule has 2 aromatic rings. The predicted octanol–water partition coefficient (Wildman–Crippen LogP) is 1.48. The van der Waals surface area contributed by atoms with Crippen LogP contribution in [-0.2, 0) is 19.5 Å². The lowest BCUT2D eigenvalue weighted by molar-refractivity contribution is 0.0932. The van der Waals surface area contributed by atoms with Crippen LogP contribution in [0.3, 0.4) is 0 Å². The van der Waals surface area contributed by atoms with E-state index in [-0.39, 0.29) is 5.91 Å². The quantitative estimate of drug-likeness (QED) is 0.867. The van der Waals surface area contributed by atoms with Gasteiger partial charge in [0.15, 0.2) is 0 Å². The van der Waals surface area contributed by atoms with Gasteiger partial charge < -0.3 is 14.6 Å². The number of carbonyl (C=O) groups is 1. The Hall–Kier alpha value is -2.41. The molecule has 2 aliphatic heterocycles. The van der Waals surface area contributed by atoms with E-state index in [0.717, 1.165) is 57.0 Å². The molecule has 1 aromatic carbocycles. The first kappa shape index (κ1) is 16.7. The number of aromatic nitrogens is 3. The molecule has 1 N–H and O–H groups in total. The largest absolute Gasteiger partial charge is 0.497 e. The highest BCUT2D eigenvalue weighted by atomic mass is 16.5. The summed E-state index contributed by atoms with van der Waals surface area (Å²) in [7, 11) is 1.69. The smallest absolute Gasteiger partial charge is 0.289 e. The molecule has 0 bridgehead atoms. The van der Waals surface area contributed by atoms with Crippen LogP contribution >= 0.6 is 0 Å². The lowest BCUT2D eigenvalue weighted by Crippen LogP contribution is -2.33. The number of hydrogen-bond donors (Lipinski definition) is 1. The van der Waals surface area contributed by atoms with Crippen LogP contribution in [0.25, 0.3) is 0 Å². The van der Waals surface area contributed by atoms with Gasteiger partial charge in [0.05, 0.1) is 7.11 Å². The van der Waals surface area contributed by atoms with Crippen molar-refractivity contribution in [3.05, 3.63) is 41.5 Å². The number of rotatable bonds is 5. The van der Waals surface area contributed by atoms with Crippen molar-refractivity contribution in [3.63, 3.8) is 0 Å². The molecular formula is C20H25N5O2. The minimum absolute atomic E-state index is 0.0669. The van der Waals surface area contributed by atoms with E-state index in [9.17, 15) is 4.79 Å². The van der Waals surface area contributed by atoms with Crippen LogP contribution in [0.15, 0.2) is 24.3 Å².